The van der Waals surface area contributed by atoms with E-state index in [4.69, 9.17) is 4.98 Å². The van der Waals surface area contributed by atoms with Gasteiger partial charge in [0.25, 0.3) is 0 Å². The van der Waals surface area contributed by atoms with Gasteiger partial charge < -0.3 is 4.90 Å². The number of benzene rings is 7. The molecule has 0 atom stereocenters. The maximum atomic E-state index is 5.10. The molecule has 0 aliphatic carbocycles. The van der Waals surface area contributed by atoms with Gasteiger partial charge in [-0.05, 0) is 87.8 Å². The highest BCUT2D eigenvalue weighted by Gasteiger charge is 2.31. The molecule has 11 rings (SSSR count). The fourth-order valence-electron chi connectivity index (χ4n) is 8.46. The summed E-state index contributed by atoms with van der Waals surface area (Å²) in [5.74, 6) is 0.868. The number of hydrogen-bond donors (Lipinski definition) is 0. The predicted molar refractivity (Wildman–Crippen MR) is 224 cm³/mol. The van der Waals surface area contributed by atoms with Gasteiger partial charge in [0.05, 0.1) is 22.4 Å². The van der Waals surface area contributed by atoms with Crippen LogP contribution in [0.1, 0.15) is 0 Å². The molecule has 3 aromatic heterocycles. The first-order valence-corrected chi connectivity index (χ1v) is 18.3. The highest BCUT2D eigenvalue weighted by Crippen LogP contribution is 2.56. The van der Waals surface area contributed by atoms with Crippen LogP contribution in [0.25, 0.3) is 82.9 Å². The summed E-state index contributed by atoms with van der Waals surface area (Å²) in [6, 6.07) is 63.4. The highest BCUT2D eigenvalue weighted by molar-refractivity contribution is 6.26. The number of nitrogens with zero attached hydrogens (tertiary/aromatic N) is 4. The van der Waals surface area contributed by atoms with E-state index in [1.807, 2.05) is 18.5 Å². The predicted octanol–water partition coefficient (Wildman–Crippen LogP) is 13.2. The third-order valence-corrected chi connectivity index (χ3v) is 10.9. The summed E-state index contributed by atoms with van der Waals surface area (Å²) in [4.78, 5) is 11.9. The molecule has 4 heteroatoms. The van der Waals surface area contributed by atoms with E-state index in [9.17, 15) is 0 Å². The fourth-order valence-corrected chi connectivity index (χ4v) is 8.46. The fraction of sp³-hybridized carbons (Fsp3) is 0. The molecule has 0 amide bonds. The van der Waals surface area contributed by atoms with Gasteiger partial charge in [0.2, 0.25) is 0 Å². The second kappa shape index (κ2) is 12.1. The van der Waals surface area contributed by atoms with E-state index < -0.39 is 0 Å². The Balaban J connectivity index is 1.24. The van der Waals surface area contributed by atoms with Crippen molar-refractivity contribution < 1.29 is 0 Å². The zero-order chi connectivity index (χ0) is 35.6. The smallest absolute Gasteiger partial charge is 0.137 e. The number of hydrogen-bond acceptors (Lipinski definition) is 3. The minimum absolute atomic E-state index is 0.868. The van der Waals surface area contributed by atoms with Crippen LogP contribution in [0.2, 0.25) is 0 Å². The molecule has 4 heterocycles. The van der Waals surface area contributed by atoms with Crippen molar-refractivity contribution >= 4 is 49.6 Å². The van der Waals surface area contributed by atoms with Crippen molar-refractivity contribution in [2.45, 2.75) is 0 Å². The van der Waals surface area contributed by atoms with Gasteiger partial charge in [0.1, 0.15) is 5.82 Å². The first-order valence-electron chi connectivity index (χ1n) is 18.3. The Labute approximate surface area is 312 Å². The summed E-state index contributed by atoms with van der Waals surface area (Å²) in [6.45, 7) is 0. The Morgan fingerprint density at radius 2 is 1.09 bits per heavy atom. The van der Waals surface area contributed by atoms with Crippen molar-refractivity contribution in [3.8, 4) is 50.3 Å². The van der Waals surface area contributed by atoms with Gasteiger partial charge in [-0.15, -0.1) is 0 Å². The van der Waals surface area contributed by atoms with E-state index in [1.54, 1.807) is 6.20 Å². The molecule has 252 valence electrons. The Bertz CT molecular complexity index is 3010. The highest BCUT2D eigenvalue weighted by atomic mass is 15.2. The van der Waals surface area contributed by atoms with Crippen LogP contribution in [0.4, 0.5) is 17.1 Å². The molecule has 0 unspecified atom stereocenters. The van der Waals surface area contributed by atoms with Crippen molar-refractivity contribution in [1.29, 1.82) is 0 Å². The van der Waals surface area contributed by atoms with Crippen LogP contribution < -0.4 is 4.90 Å². The summed E-state index contributed by atoms with van der Waals surface area (Å²) >= 11 is 0. The standard InChI is InChI=1S/C50H32N4/c1-4-12-33(13-5-1)35-21-26-44-43(30-35)49-46(54(44)47-28-22-37(32-52-47)36-16-11-29-51-31-36)27-25-42-41-24-23-39(34-14-6-2-7-15-34)40-19-10-20-45(48(40)41)53(50(42)49)38-17-8-3-9-18-38/h1-32H. The summed E-state index contributed by atoms with van der Waals surface area (Å²) in [6.07, 6.45) is 5.64. The van der Waals surface area contributed by atoms with Crippen LogP contribution >= 0.6 is 0 Å². The molecular formula is C50H32N4. The number of para-hydroxylation sites is 1. The zero-order valence-electron chi connectivity index (χ0n) is 29.3. The molecule has 0 fully saturated rings. The van der Waals surface area contributed by atoms with E-state index in [0.29, 0.717) is 0 Å². The Kier molecular flexibility index (Phi) is 6.82. The molecule has 1 aliphatic rings. The van der Waals surface area contributed by atoms with Gasteiger partial charge in [-0.25, -0.2) is 4.98 Å². The van der Waals surface area contributed by atoms with Crippen LogP contribution in [0.3, 0.4) is 0 Å². The molecule has 0 spiro atoms. The number of aromatic nitrogens is 3. The Morgan fingerprint density at radius 3 is 1.85 bits per heavy atom. The molecule has 0 radical (unpaired) electrons. The zero-order valence-corrected chi connectivity index (χ0v) is 29.3. The summed E-state index contributed by atoms with van der Waals surface area (Å²) in [5, 5.41) is 4.88. The van der Waals surface area contributed by atoms with E-state index in [2.05, 4.69) is 184 Å². The largest absolute Gasteiger partial charge is 0.309 e. The minimum Gasteiger partial charge on any atom is -0.309 e. The van der Waals surface area contributed by atoms with Crippen molar-refractivity contribution in [1.82, 2.24) is 14.5 Å². The lowest BCUT2D eigenvalue weighted by Crippen LogP contribution is -2.15. The van der Waals surface area contributed by atoms with E-state index >= 15 is 0 Å². The lowest BCUT2D eigenvalue weighted by atomic mass is 9.86. The lowest BCUT2D eigenvalue weighted by Gasteiger charge is -2.34. The Hall–Kier alpha value is -7.30. The minimum atomic E-state index is 0.868. The van der Waals surface area contributed by atoms with Crippen molar-refractivity contribution in [3.63, 3.8) is 0 Å². The molecule has 7 aromatic carbocycles. The van der Waals surface area contributed by atoms with Crippen LogP contribution in [0, 0.1) is 0 Å². The monoisotopic (exact) mass is 688 g/mol. The molecule has 0 N–H and O–H groups in total. The van der Waals surface area contributed by atoms with Crippen molar-refractivity contribution in [3.05, 3.63) is 195 Å². The number of rotatable bonds is 5. The molecule has 0 bridgehead atoms. The number of fused-ring (bicyclic) bond motifs is 6. The van der Waals surface area contributed by atoms with Crippen LogP contribution in [0.15, 0.2) is 195 Å². The van der Waals surface area contributed by atoms with Crippen LogP contribution in [-0.4, -0.2) is 14.5 Å². The average molecular weight is 689 g/mol. The van der Waals surface area contributed by atoms with Gasteiger partial charge in [-0.1, -0.05) is 121 Å². The molecule has 10 aromatic rings. The van der Waals surface area contributed by atoms with Crippen LogP contribution in [-0.2, 0) is 0 Å². The van der Waals surface area contributed by atoms with Crippen molar-refractivity contribution in [2.24, 2.45) is 0 Å². The van der Waals surface area contributed by atoms with Gasteiger partial charge >= 0.3 is 0 Å². The number of anilines is 3. The molecule has 1 aliphatic heterocycles. The van der Waals surface area contributed by atoms with Gasteiger partial charge in [0, 0.05) is 57.1 Å². The molecule has 54 heavy (non-hydrogen) atoms. The molecule has 0 saturated heterocycles. The van der Waals surface area contributed by atoms with E-state index in [0.717, 1.165) is 33.7 Å². The Morgan fingerprint density at radius 1 is 0.407 bits per heavy atom. The third kappa shape index (κ3) is 4.64. The molecule has 0 saturated carbocycles. The van der Waals surface area contributed by atoms with Crippen molar-refractivity contribution in [2.75, 3.05) is 4.90 Å². The summed E-state index contributed by atoms with van der Waals surface area (Å²) in [7, 11) is 0. The average Bonchev–Trinajstić information content (AvgIpc) is 3.59. The maximum absolute atomic E-state index is 5.10. The topological polar surface area (TPSA) is 34.0 Å². The maximum Gasteiger partial charge on any atom is 0.137 e. The second-order valence-corrected chi connectivity index (χ2v) is 13.8. The molecular weight excluding hydrogens is 657 g/mol. The quantitative estimate of drug-likeness (QED) is 0.180. The first-order chi connectivity index (χ1) is 26.8. The number of pyridine rings is 2. The van der Waals surface area contributed by atoms with E-state index in [-0.39, 0.29) is 0 Å². The van der Waals surface area contributed by atoms with Gasteiger partial charge in [-0.2, -0.15) is 0 Å². The first kappa shape index (κ1) is 30.3. The van der Waals surface area contributed by atoms with Gasteiger partial charge in [-0.3, -0.25) is 9.55 Å². The molecule has 4 nitrogen and oxygen atoms in total. The van der Waals surface area contributed by atoms with E-state index in [1.165, 1.54) is 66.3 Å². The third-order valence-electron chi connectivity index (χ3n) is 10.9. The van der Waals surface area contributed by atoms with Crippen LogP contribution in [0.5, 0.6) is 0 Å². The summed E-state index contributed by atoms with van der Waals surface area (Å²) in [5.41, 5.74) is 15.0. The normalized spacial score (nSPS) is 12.0. The summed E-state index contributed by atoms with van der Waals surface area (Å²) < 4.78 is 2.32. The SMILES string of the molecule is c1ccc(-c2ccc3c(c2)c2c4c(ccc2n3-c2ccc(-c3cccnc3)cn2)-c2ccc(-c3ccccc3)c3cccc(c23)N4c2ccccc2)cc1. The second-order valence-electron chi connectivity index (χ2n) is 13.8. The lowest BCUT2D eigenvalue weighted by molar-refractivity contribution is 1.08. The van der Waals surface area contributed by atoms with Gasteiger partial charge in [0.15, 0.2) is 0 Å².